The van der Waals surface area contributed by atoms with Crippen LogP contribution < -0.4 is 5.73 Å². The number of nitrogens with two attached hydrogens (primary N) is 1. The van der Waals surface area contributed by atoms with Gasteiger partial charge in [0.15, 0.2) is 5.96 Å². The monoisotopic (exact) mass is 300 g/mol. The highest BCUT2D eigenvalue weighted by molar-refractivity contribution is 5.78. The van der Waals surface area contributed by atoms with Gasteiger partial charge in [-0.05, 0) is 37.3 Å². The lowest BCUT2D eigenvalue weighted by atomic mass is 10.0. The number of likely N-dealkylation sites (tertiary alicyclic amines) is 2. The maximum Gasteiger partial charge on any atom is 0.191 e. The van der Waals surface area contributed by atoms with Gasteiger partial charge in [-0.2, -0.15) is 0 Å². The predicted molar refractivity (Wildman–Crippen MR) is 91.7 cm³/mol. The van der Waals surface area contributed by atoms with Gasteiger partial charge in [0.05, 0.1) is 0 Å². The van der Waals surface area contributed by atoms with Crippen molar-refractivity contribution in [3.63, 3.8) is 0 Å². The molecule has 2 saturated heterocycles. The molecule has 1 atom stereocenters. The molecule has 2 aliphatic rings. The van der Waals surface area contributed by atoms with Crippen LogP contribution in [0.1, 0.15) is 31.2 Å². The number of hydrogen-bond acceptors (Lipinski definition) is 2. The number of hydrogen-bond donors (Lipinski definition) is 1. The zero-order chi connectivity index (χ0) is 15.2. The maximum absolute atomic E-state index is 6.06. The third-order valence-electron chi connectivity index (χ3n) is 4.79. The average Bonchev–Trinajstić information content (AvgIpc) is 2.70. The summed E-state index contributed by atoms with van der Waals surface area (Å²) in [5, 5.41) is 0. The summed E-state index contributed by atoms with van der Waals surface area (Å²) in [6.45, 7) is 6.46. The minimum Gasteiger partial charge on any atom is -0.370 e. The van der Waals surface area contributed by atoms with E-state index in [1.54, 1.807) is 0 Å². The summed E-state index contributed by atoms with van der Waals surface area (Å²) in [5.74, 6) is 1.40. The molecule has 0 radical (unpaired) electrons. The van der Waals surface area contributed by atoms with Crippen LogP contribution in [0.2, 0.25) is 0 Å². The number of aliphatic imine (C=N–C) groups is 1. The Hall–Kier alpha value is -1.55. The van der Waals surface area contributed by atoms with E-state index in [9.17, 15) is 0 Å². The van der Waals surface area contributed by atoms with Crippen molar-refractivity contribution in [3.05, 3.63) is 35.9 Å². The second-order valence-electron chi connectivity index (χ2n) is 6.62. The molecular weight excluding hydrogens is 272 g/mol. The second kappa shape index (κ2) is 7.63. The quantitative estimate of drug-likeness (QED) is 0.685. The molecule has 0 spiro atoms. The second-order valence-corrected chi connectivity index (χ2v) is 6.62. The lowest BCUT2D eigenvalue weighted by Gasteiger charge is -2.32. The molecule has 22 heavy (non-hydrogen) atoms. The number of guanidine groups is 1. The summed E-state index contributed by atoms with van der Waals surface area (Å²) in [6.07, 6.45) is 5.15. The van der Waals surface area contributed by atoms with Crippen molar-refractivity contribution in [2.24, 2.45) is 16.6 Å². The maximum atomic E-state index is 6.06. The average molecular weight is 300 g/mol. The summed E-state index contributed by atoms with van der Waals surface area (Å²) < 4.78 is 0. The van der Waals surface area contributed by atoms with Crippen LogP contribution in [0.25, 0.3) is 0 Å². The molecule has 2 N–H and O–H groups in total. The molecule has 1 aromatic carbocycles. The molecule has 4 nitrogen and oxygen atoms in total. The fourth-order valence-electron chi connectivity index (χ4n) is 3.32. The number of nitrogens with zero attached hydrogens (tertiary/aromatic N) is 3. The van der Waals surface area contributed by atoms with Gasteiger partial charge in [-0.25, -0.2) is 0 Å². The summed E-state index contributed by atoms with van der Waals surface area (Å²) in [5.41, 5.74) is 7.46. The van der Waals surface area contributed by atoms with E-state index in [2.05, 4.69) is 45.1 Å². The van der Waals surface area contributed by atoms with Gasteiger partial charge < -0.3 is 10.6 Å². The van der Waals surface area contributed by atoms with Gasteiger partial charge in [0.25, 0.3) is 0 Å². The Morgan fingerprint density at radius 2 is 1.91 bits per heavy atom. The number of rotatable bonds is 4. The lowest BCUT2D eigenvalue weighted by Crippen LogP contribution is -2.46. The largest absolute Gasteiger partial charge is 0.370 e. The van der Waals surface area contributed by atoms with E-state index in [-0.39, 0.29) is 0 Å². The van der Waals surface area contributed by atoms with Gasteiger partial charge in [0.2, 0.25) is 0 Å². The molecule has 2 aliphatic heterocycles. The molecule has 1 unspecified atom stereocenters. The van der Waals surface area contributed by atoms with Gasteiger partial charge in [0.1, 0.15) is 0 Å². The van der Waals surface area contributed by atoms with Crippen LogP contribution in [0.5, 0.6) is 0 Å². The molecule has 0 saturated carbocycles. The molecule has 2 fully saturated rings. The molecule has 0 amide bonds. The minimum atomic E-state index is 0.644. The Kier molecular flexibility index (Phi) is 5.33. The summed E-state index contributed by atoms with van der Waals surface area (Å²) >= 11 is 0. The Morgan fingerprint density at radius 1 is 1.09 bits per heavy atom. The van der Waals surface area contributed by atoms with Gasteiger partial charge in [-0.3, -0.25) is 9.89 Å². The van der Waals surface area contributed by atoms with E-state index < -0.39 is 0 Å². The fourth-order valence-corrected chi connectivity index (χ4v) is 3.32. The van der Waals surface area contributed by atoms with Crippen molar-refractivity contribution in [3.8, 4) is 0 Å². The molecule has 0 bridgehead atoms. The van der Waals surface area contributed by atoms with E-state index in [0.29, 0.717) is 5.92 Å². The van der Waals surface area contributed by atoms with Crippen molar-refractivity contribution in [1.29, 1.82) is 0 Å². The first kappa shape index (κ1) is 15.3. The molecule has 120 valence electrons. The zero-order valence-electron chi connectivity index (χ0n) is 13.5. The first-order valence-corrected chi connectivity index (χ1v) is 8.62. The van der Waals surface area contributed by atoms with Crippen LogP contribution in [0.4, 0.5) is 0 Å². The van der Waals surface area contributed by atoms with E-state index >= 15 is 0 Å². The minimum absolute atomic E-state index is 0.644. The van der Waals surface area contributed by atoms with Crippen LogP contribution in [0.15, 0.2) is 35.3 Å². The van der Waals surface area contributed by atoms with Gasteiger partial charge in [-0.1, -0.05) is 36.8 Å². The summed E-state index contributed by atoms with van der Waals surface area (Å²) in [6, 6.07) is 10.8. The SMILES string of the molecule is NC(=NCC1CCCCN(Cc2ccccc2)C1)N1CCC1. The molecule has 4 heteroatoms. The van der Waals surface area contributed by atoms with Crippen LogP contribution in [-0.2, 0) is 6.54 Å². The summed E-state index contributed by atoms with van der Waals surface area (Å²) in [7, 11) is 0. The van der Waals surface area contributed by atoms with Crippen LogP contribution in [0.3, 0.4) is 0 Å². The first-order valence-electron chi connectivity index (χ1n) is 8.62. The topological polar surface area (TPSA) is 44.9 Å². The van der Waals surface area contributed by atoms with E-state index in [1.165, 1.54) is 37.8 Å². The van der Waals surface area contributed by atoms with Crippen molar-refractivity contribution in [1.82, 2.24) is 9.80 Å². The van der Waals surface area contributed by atoms with E-state index in [1.807, 2.05) is 0 Å². The van der Waals surface area contributed by atoms with Crippen LogP contribution in [-0.4, -0.2) is 48.5 Å². The fraction of sp³-hybridized carbons (Fsp3) is 0.611. The van der Waals surface area contributed by atoms with Gasteiger partial charge in [-0.15, -0.1) is 0 Å². The third kappa shape index (κ3) is 4.23. The summed E-state index contributed by atoms with van der Waals surface area (Å²) in [4.78, 5) is 9.41. The highest BCUT2D eigenvalue weighted by Gasteiger charge is 2.20. The van der Waals surface area contributed by atoms with Crippen LogP contribution >= 0.6 is 0 Å². The van der Waals surface area contributed by atoms with Crippen molar-refractivity contribution in [2.75, 3.05) is 32.7 Å². The smallest absolute Gasteiger partial charge is 0.191 e. The Bertz CT molecular complexity index is 481. The molecule has 2 heterocycles. The third-order valence-corrected chi connectivity index (χ3v) is 4.79. The molecular formula is C18H28N4. The highest BCUT2D eigenvalue weighted by atomic mass is 15.3. The van der Waals surface area contributed by atoms with Gasteiger partial charge in [0, 0.05) is 32.7 Å². The lowest BCUT2D eigenvalue weighted by molar-refractivity contribution is 0.242. The Labute approximate surface area is 134 Å². The predicted octanol–water partition coefficient (Wildman–Crippen LogP) is 2.31. The van der Waals surface area contributed by atoms with Crippen molar-refractivity contribution >= 4 is 5.96 Å². The van der Waals surface area contributed by atoms with Gasteiger partial charge >= 0.3 is 0 Å². The Morgan fingerprint density at radius 3 is 2.64 bits per heavy atom. The van der Waals surface area contributed by atoms with E-state index in [0.717, 1.165) is 38.7 Å². The zero-order valence-corrected chi connectivity index (χ0v) is 13.5. The molecule has 0 aliphatic carbocycles. The Balaban J connectivity index is 1.53. The standard InChI is InChI=1S/C18H28N4/c19-18(22-11-6-12-22)20-13-17-9-4-5-10-21(15-17)14-16-7-2-1-3-8-16/h1-3,7-8,17H,4-6,9-15H2,(H2,19,20). The first-order chi connectivity index (χ1) is 10.8. The van der Waals surface area contributed by atoms with Crippen LogP contribution in [0, 0.1) is 5.92 Å². The number of benzene rings is 1. The normalized spacial score (nSPS) is 23.9. The van der Waals surface area contributed by atoms with Crippen molar-refractivity contribution in [2.45, 2.75) is 32.2 Å². The molecule has 3 rings (SSSR count). The van der Waals surface area contributed by atoms with Crippen molar-refractivity contribution < 1.29 is 0 Å². The molecule has 1 aromatic rings. The highest BCUT2D eigenvalue weighted by Crippen LogP contribution is 2.19. The molecule has 0 aromatic heterocycles. The van der Waals surface area contributed by atoms with E-state index in [4.69, 9.17) is 5.73 Å².